The Morgan fingerprint density at radius 1 is 0.966 bits per heavy atom. The number of aromatic nitrogens is 3. The molecule has 0 saturated heterocycles. The molecule has 6 bridgehead atoms. The highest BCUT2D eigenvalue weighted by Crippen LogP contribution is 2.29. The van der Waals surface area contributed by atoms with Gasteiger partial charge in [0.05, 0.1) is 38.9 Å². The van der Waals surface area contributed by atoms with Crippen LogP contribution < -0.4 is 25.0 Å². The van der Waals surface area contributed by atoms with Gasteiger partial charge >= 0.3 is 12.2 Å². The Morgan fingerprint density at radius 3 is 2.24 bits per heavy atom. The fourth-order valence-corrected chi connectivity index (χ4v) is 6.08. The highest BCUT2D eigenvalue weighted by atomic mass is 35.5. The minimum atomic E-state index is -4.70. The number of halogens is 4. The molecule has 4 aliphatic heterocycles. The molecule has 20 heteroatoms. The summed E-state index contributed by atoms with van der Waals surface area (Å²) in [4.78, 5) is 51.9. The molecule has 4 aliphatic rings. The van der Waals surface area contributed by atoms with E-state index in [9.17, 15) is 27.6 Å². The van der Waals surface area contributed by atoms with Crippen LogP contribution in [0.4, 0.5) is 30.8 Å². The molecule has 0 aliphatic carbocycles. The molecule has 7 rings (SSSR count). The van der Waals surface area contributed by atoms with Crippen molar-refractivity contribution in [3.05, 3.63) is 81.7 Å². The standard InChI is InChI=1S/C39H47ClF3N7O9/c1-25(58-23-51)32(54-5)18-49-14-7-15-56-31-13-8-27(16-30(31)40)17-50(19-33(55-6)26(2)59-24-52)36-46-35(47-37(48-36)57-22-39(41,42)43)45-29-11-9-28(10-12-29)34(53)44-20-38(3,4)21-49/h8-13,16,23-24H,7,14-15,17-22H2,1-6H3,(H,44,53)(H,45,46,47,48)/b32-25-,33-26-. The van der Waals surface area contributed by atoms with Crippen molar-refractivity contribution in [1.29, 1.82) is 0 Å². The number of rotatable bonds is 12. The van der Waals surface area contributed by atoms with Crippen molar-refractivity contribution in [2.24, 2.45) is 5.41 Å². The van der Waals surface area contributed by atoms with Crippen LogP contribution in [0.15, 0.2) is 65.5 Å². The average Bonchev–Trinajstić information content (AvgIpc) is 3.18. The third-order valence-electron chi connectivity index (χ3n) is 8.71. The van der Waals surface area contributed by atoms with Crippen LogP contribution in [-0.4, -0.2) is 105 Å². The Labute approximate surface area is 344 Å². The van der Waals surface area contributed by atoms with Gasteiger partial charge in [0.2, 0.25) is 11.9 Å². The van der Waals surface area contributed by atoms with E-state index in [0.717, 1.165) is 0 Å². The molecule has 1 aromatic heterocycles. The third-order valence-corrected chi connectivity index (χ3v) is 9.00. The number of hydrogen-bond acceptors (Lipinski definition) is 15. The second-order valence-corrected chi connectivity index (χ2v) is 14.4. The summed E-state index contributed by atoms with van der Waals surface area (Å²) in [7, 11) is 2.85. The summed E-state index contributed by atoms with van der Waals surface area (Å²) in [5.74, 6) is 0.805. The molecule has 320 valence electrons. The summed E-state index contributed by atoms with van der Waals surface area (Å²) < 4.78 is 72.0. The van der Waals surface area contributed by atoms with Crippen LogP contribution in [0.5, 0.6) is 11.8 Å². The number of hydrogen-bond donors (Lipinski definition) is 2. The summed E-state index contributed by atoms with van der Waals surface area (Å²) in [6.07, 6.45) is -4.15. The Kier molecular flexibility index (Phi) is 16.5. The van der Waals surface area contributed by atoms with Crippen molar-refractivity contribution in [2.45, 2.75) is 46.8 Å². The molecule has 2 aromatic carbocycles. The molecule has 16 nitrogen and oxygen atoms in total. The van der Waals surface area contributed by atoms with Gasteiger partial charge in [-0.15, -0.1) is 0 Å². The lowest BCUT2D eigenvalue weighted by atomic mass is 9.92. The Bertz CT molecular complexity index is 1980. The van der Waals surface area contributed by atoms with E-state index in [2.05, 4.69) is 30.5 Å². The summed E-state index contributed by atoms with van der Waals surface area (Å²) in [5.41, 5.74) is 0.902. The van der Waals surface area contributed by atoms with Gasteiger partial charge in [0.15, 0.2) is 12.4 Å². The first kappa shape index (κ1) is 45.9. The monoisotopic (exact) mass is 849 g/mol. The molecule has 59 heavy (non-hydrogen) atoms. The molecule has 3 aromatic rings. The number of allylic oxidation sites excluding steroid dienone is 2. The maximum absolute atomic E-state index is 13.3. The fraction of sp³-hybridized carbons (Fsp3) is 0.436. The van der Waals surface area contributed by atoms with Crippen LogP contribution in [-0.2, 0) is 35.1 Å². The Hall–Kier alpha value is -5.82. The minimum Gasteiger partial charge on any atom is -0.496 e. The van der Waals surface area contributed by atoms with E-state index >= 15 is 0 Å². The third kappa shape index (κ3) is 14.5. The number of ether oxygens (including phenoxy) is 6. The minimum absolute atomic E-state index is 0.0144. The quantitative estimate of drug-likeness (QED) is 0.157. The average molecular weight is 850 g/mol. The number of methoxy groups -OCH3 is 2. The summed E-state index contributed by atoms with van der Waals surface area (Å²) in [6.45, 7) is 7.81. The van der Waals surface area contributed by atoms with Gasteiger partial charge in [-0.2, -0.15) is 28.1 Å². The molecule has 0 fully saturated rings. The predicted molar refractivity (Wildman–Crippen MR) is 210 cm³/mol. The van der Waals surface area contributed by atoms with E-state index in [1.165, 1.54) is 26.0 Å². The Balaban J connectivity index is 1.77. The van der Waals surface area contributed by atoms with Crippen LogP contribution in [0.25, 0.3) is 0 Å². The van der Waals surface area contributed by atoms with Crippen molar-refractivity contribution in [1.82, 2.24) is 25.2 Å². The number of alkyl halides is 3. The van der Waals surface area contributed by atoms with Crippen molar-refractivity contribution in [2.75, 3.05) is 70.4 Å². The zero-order valence-corrected chi connectivity index (χ0v) is 34.2. The normalized spacial score (nSPS) is 16.2. The van der Waals surface area contributed by atoms with Gasteiger partial charge in [-0.05, 0) is 67.6 Å². The first-order valence-electron chi connectivity index (χ1n) is 18.2. The predicted octanol–water partition coefficient (Wildman–Crippen LogP) is 6.16. The highest BCUT2D eigenvalue weighted by molar-refractivity contribution is 6.32. The summed E-state index contributed by atoms with van der Waals surface area (Å²) in [6, 6.07) is 10.7. The van der Waals surface area contributed by atoms with E-state index in [4.69, 9.17) is 40.0 Å². The lowest BCUT2D eigenvalue weighted by Crippen LogP contribution is -2.43. The lowest BCUT2D eigenvalue weighted by Gasteiger charge is -2.33. The SMILES string of the molecule is CO/C(CN1CCCOc2ccc(cc2Cl)CN(C/C(OC)=C(\C)OC=O)c2nc(nc(OCC(F)(F)F)n2)Nc2ccc(cc2)C(=O)NCC(C)(C)C1)=C(/C)OC=O. The van der Waals surface area contributed by atoms with Crippen LogP contribution in [0, 0.1) is 5.41 Å². The summed E-state index contributed by atoms with van der Waals surface area (Å²) >= 11 is 6.72. The van der Waals surface area contributed by atoms with Gasteiger partial charge < -0.3 is 44.0 Å². The van der Waals surface area contributed by atoms with Crippen molar-refractivity contribution in [3.63, 3.8) is 0 Å². The zero-order valence-electron chi connectivity index (χ0n) is 33.5. The van der Waals surface area contributed by atoms with E-state index in [1.54, 1.807) is 49.4 Å². The van der Waals surface area contributed by atoms with Crippen LogP contribution in [0.1, 0.15) is 50.0 Å². The highest BCUT2D eigenvalue weighted by Gasteiger charge is 2.30. The van der Waals surface area contributed by atoms with Crippen molar-refractivity contribution >= 4 is 48.0 Å². The number of nitrogens with one attached hydrogen (secondary N) is 2. The van der Waals surface area contributed by atoms with Crippen LogP contribution >= 0.6 is 11.6 Å². The van der Waals surface area contributed by atoms with E-state index in [-0.39, 0.29) is 60.5 Å². The van der Waals surface area contributed by atoms with E-state index in [0.29, 0.717) is 73.2 Å². The molecule has 2 N–H and O–H groups in total. The van der Waals surface area contributed by atoms with Gasteiger partial charge in [0.1, 0.15) is 23.0 Å². The molecule has 5 heterocycles. The molecular formula is C39H47ClF3N7O9. The van der Waals surface area contributed by atoms with Crippen molar-refractivity contribution < 1.29 is 56.0 Å². The number of amides is 1. The van der Waals surface area contributed by atoms with E-state index in [1.807, 2.05) is 13.8 Å². The summed E-state index contributed by atoms with van der Waals surface area (Å²) in [5, 5.41) is 6.21. The van der Waals surface area contributed by atoms with Gasteiger partial charge in [-0.25, -0.2) is 0 Å². The lowest BCUT2D eigenvalue weighted by molar-refractivity contribution is -0.154. The van der Waals surface area contributed by atoms with Crippen LogP contribution in [0.2, 0.25) is 5.02 Å². The maximum Gasteiger partial charge on any atom is 0.422 e. The van der Waals surface area contributed by atoms with Gasteiger partial charge in [-0.3, -0.25) is 19.3 Å². The second-order valence-electron chi connectivity index (χ2n) is 14.0. The van der Waals surface area contributed by atoms with Gasteiger partial charge in [-0.1, -0.05) is 31.5 Å². The molecule has 1 amide bonds. The van der Waals surface area contributed by atoms with E-state index < -0.39 is 24.2 Å². The second kappa shape index (κ2) is 21.3. The number of nitrogens with zero attached hydrogens (tertiary/aromatic N) is 5. The smallest absolute Gasteiger partial charge is 0.422 e. The first-order chi connectivity index (χ1) is 28.0. The molecular weight excluding hydrogens is 803 g/mol. The molecule has 0 saturated carbocycles. The molecule has 0 spiro atoms. The van der Waals surface area contributed by atoms with Gasteiger partial charge in [0.25, 0.3) is 18.9 Å². The first-order valence-corrected chi connectivity index (χ1v) is 18.6. The molecule has 0 atom stereocenters. The Morgan fingerprint density at radius 2 is 1.63 bits per heavy atom. The maximum atomic E-state index is 13.3. The van der Waals surface area contributed by atoms with Gasteiger partial charge in [0, 0.05) is 37.4 Å². The number of carbonyl (C=O) groups is 3. The van der Waals surface area contributed by atoms with Crippen LogP contribution in [0.3, 0.4) is 0 Å². The number of anilines is 3. The number of benzene rings is 2. The molecule has 0 radical (unpaired) electrons. The number of carbonyl (C=O) groups excluding carboxylic acids is 3. The fourth-order valence-electron chi connectivity index (χ4n) is 5.82. The molecule has 0 unspecified atom stereocenters. The zero-order chi connectivity index (χ0) is 43.2. The van der Waals surface area contributed by atoms with Crippen molar-refractivity contribution in [3.8, 4) is 11.8 Å². The topological polar surface area (TPSA) is 176 Å². The largest absolute Gasteiger partial charge is 0.496 e.